The zero-order chi connectivity index (χ0) is 23.2. The van der Waals surface area contributed by atoms with E-state index in [4.69, 9.17) is 14.2 Å². The van der Waals surface area contributed by atoms with Crippen molar-refractivity contribution in [2.75, 3.05) is 19.8 Å². The van der Waals surface area contributed by atoms with Crippen LogP contribution in [-0.4, -0.2) is 51.4 Å². The van der Waals surface area contributed by atoms with Crippen LogP contribution in [0.15, 0.2) is 14.4 Å². The molecule has 0 N–H and O–H groups in total. The van der Waals surface area contributed by atoms with E-state index in [-0.39, 0.29) is 19.8 Å². The van der Waals surface area contributed by atoms with E-state index in [0.717, 1.165) is 0 Å². The first-order valence-corrected chi connectivity index (χ1v) is 9.54. The summed E-state index contributed by atoms with van der Waals surface area (Å²) in [7, 11) is 0. The van der Waals surface area contributed by atoms with Crippen molar-refractivity contribution in [1.82, 2.24) is 13.7 Å². The van der Waals surface area contributed by atoms with Gasteiger partial charge in [0.2, 0.25) is 0 Å². The predicted octanol–water partition coefficient (Wildman–Crippen LogP) is -0.456. The average molecular weight is 429 g/mol. The van der Waals surface area contributed by atoms with Crippen LogP contribution in [0.3, 0.4) is 0 Å². The van der Waals surface area contributed by atoms with Crippen LogP contribution in [-0.2, 0) is 28.6 Å². The van der Waals surface area contributed by atoms with Gasteiger partial charge in [0.15, 0.2) is 0 Å². The van der Waals surface area contributed by atoms with E-state index >= 15 is 0 Å². The lowest BCUT2D eigenvalue weighted by molar-refractivity contribution is -0.146. The number of aromatic nitrogens is 3. The molecule has 0 radical (unpaired) electrons. The second-order valence-electron chi connectivity index (χ2n) is 6.24. The average Bonchev–Trinajstić information content (AvgIpc) is 2.68. The maximum Gasteiger partial charge on any atom is 0.337 e. The van der Waals surface area contributed by atoms with Crippen LogP contribution in [0, 0.1) is 0 Å². The SMILES string of the molecule is CCOC(=O)C(C)n1c(=O)n(C(C)C(=O)OCC)c(=O)n(C(C)C(=O)OCC)c1=O. The minimum atomic E-state index is -1.42. The van der Waals surface area contributed by atoms with Gasteiger partial charge in [-0.1, -0.05) is 0 Å². The molecule has 0 spiro atoms. The molecular weight excluding hydrogens is 402 g/mol. The van der Waals surface area contributed by atoms with E-state index in [2.05, 4.69) is 0 Å². The van der Waals surface area contributed by atoms with E-state index in [9.17, 15) is 28.8 Å². The van der Waals surface area contributed by atoms with Gasteiger partial charge in [0.25, 0.3) is 0 Å². The van der Waals surface area contributed by atoms with Crippen LogP contribution < -0.4 is 17.1 Å². The third-order valence-corrected chi connectivity index (χ3v) is 4.28. The molecule has 3 atom stereocenters. The summed E-state index contributed by atoms with van der Waals surface area (Å²) in [4.78, 5) is 75.4. The standard InChI is InChI=1S/C18H27N3O9/c1-7-28-13(22)10(4)19-16(25)20(11(5)14(23)29-8-2)18(27)21(17(19)26)12(6)15(24)30-9-3/h10-12H,7-9H2,1-6H3. The number of hydrogen-bond donors (Lipinski definition) is 0. The summed E-state index contributed by atoms with van der Waals surface area (Å²) in [5, 5.41) is 0. The van der Waals surface area contributed by atoms with Gasteiger partial charge in [-0.15, -0.1) is 0 Å². The highest BCUT2D eigenvalue weighted by Gasteiger charge is 2.32. The zero-order valence-corrected chi connectivity index (χ0v) is 17.9. The molecule has 1 aromatic rings. The molecule has 30 heavy (non-hydrogen) atoms. The van der Waals surface area contributed by atoms with Gasteiger partial charge in [0, 0.05) is 0 Å². The molecule has 0 aliphatic rings. The first-order valence-electron chi connectivity index (χ1n) is 9.54. The van der Waals surface area contributed by atoms with E-state index in [1.165, 1.54) is 41.5 Å². The van der Waals surface area contributed by atoms with E-state index < -0.39 is 53.1 Å². The fraction of sp³-hybridized carbons (Fsp3) is 0.667. The Bertz CT molecular complexity index is 819. The van der Waals surface area contributed by atoms with E-state index in [0.29, 0.717) is 13.7 Å². The Morgan fingerprint density at radius 1 is 0.600 bits per heavy atom. The maximum atomic E-state index is 13.0. The molecule has 1 rings (SSSR count). The predicted molar refractivity (Wildman–Crippen MR) is 103 cm³/mol. The number of ether oxygens (including phenoxy) is 3. The lowest BCUT2D eigenvalue weighted by atomic mass is 10.3. The van der Waals surface area contributed by atoms with Crippen molar-refractivity contribution in [2.45, 2.75) is 59.7 Å². The summed E-state index contributed by atoms with van der Waals surface area (Å²) in [5.74, 6) is -2.71. The van der Waals surface area contributed by atoms with Crippen LogP contribution in [0.4, 0.5) is 0 Å². The molecule has 12 heteroatoms. The quantitative estimate of drug-likeness (QED) is 0.376. The summed E-state index contributed by atoms with van der Waals surface area (Å²) in [6.45, 7) is 8.27. The monoisotopic (exact) mass is 429 g/mol. The lowest BCUT2D eigenvalue weighted by Gasteiger charge is -2.21. The highest BCUT2D eigenvalue weighted by atomic mass is 16.5. The first-order chi connectivity index (χ1) is 14.0. The van der Waals surface area contributed by atoms with E-state index in [1.807, 2.05) is 0 Å². The van der Waals surface area contributed by atoms with Gasteiger partial charge in [-0.2, -0.15) is 0 Å². The first kappa shape index (κ1) is 24.9. The maximum absolute atomic E-state index is 13.0. The summed E-state index contributed by atoms with van der Waals surface area (Å²) >= 11 is 0. The highest BCUT2D eigenvalue weighted by Crippen LogP contribution is 2.08. The summed E-state index contributed by atoms with van der Waals surface area (Å²) in [5.41, 5.74) is -3.63. The lowest BCUT2D eigenvalue weighted by Crippen LogP contribution is -2.58. The van der Waals surface area contributed by atoms with Gasteiger partial charge in [-0.3, -0.25) is 0 Å². The Kier molecular flexibility index (Phi) is 8.75. The fourth-order valence-electron chi connectivity index (χ4n) is 2.69. The molecule has 0 aliphatic heterocycles. The topological polar surface area (TPSA) is 145 Å². The molecule has 1 heterocycles. The molecule has 12 nitrogen and oxygen atoms in total. The van der Waals surface area contributed by atoms with Gasteiger partial charge in [0.05, 0.1) is 19.8 Å². The van der Waals surface area contributed by atoms with Crippen molar-refractivity contribution >= 4 is 17.9 Å². The zero-order valence-electron chi connectivity index (χ0n) is 17.9. The summed E-state index contributed by atoms with van der Waals surface area (Å²) in [6, 6.07) is -4.27. The molecule has 0 bridgehead atoms. The van der Waals surface area contributed by atoms with Crippen molar-refractivity contribution in [3.63, 3.8) is 0 Å². The van der Waals surface area contributed by atoms with Crippen molar-refractivity contribution in [1.29, 1.82) is 0 Å². The third-order valence-electron chi connectivity index (χ3n) is 4.28. The van der Waals surface area contributed by atoms with Gasteiger partial charge in [0.1, 0.15) is 18.1 Å². The van der Waals surface area contributed by atoms with Gasteiger partial charge < -0.3 is 14.2 Å². The second-order valence-corrected chi connectivity index (χ2v) is 6.24. The molecule has 3 unspecified atom stereocenters. The molecule has 1 aromatic heterocycles. The van der Waals surface area contributed by atoms with Crippen LogP contribution in [0.5, 0.6) is 0 Å². The third kappa shape index (κ3) is 4.86. The largest absolute Gasteiger partial charge is 0.464 e. The van der Waals surface area contributed by atoms with Gasteiger partial charge in [-0.25, -0.2) is 42.5 Å². The smallest absolute Gasteiger partial charge is 0.337 e. The summed E-state index contributed by atoms with van der Waals surface area (Å²) < 4.78 is 16.0. The van der Waals surface area contributed by atoms with Crippen molar-refractivity contribution in [3.05, 3.63) is 31.5 Å². The number of carbonyl (C=O) groups is 3. The minimum absolute atomic E-state index is 0.00971. The van der Waals surface area contributed by atoms with Crippen molar-refractivity contribution in [2.24, 2.45) is 0 Å². The van der Waals surface area contributed by atoms with Gasteiger partial charge >= 0.3 is 35.0 Å². The number of hydrogen-bond acceptors (Lipinski definition) is 9. The van der Waals surface area contributed by atoms with Crippen molar-refractivity contribution < 1.29 is 28.6 Å². The van der Waals surface area contributed by atoms with Crippen LogP contribution in [0.1, 0.15) is 59.7 Å². The molecule has 0 aromatic carbocycles. The molecule has 0 aliphatic carbocycles. The number of carbonyl (C=O) groups excluding carboxylic acids is 3. The van der Waals surface area contributed by atoms with Crippen LogP contribution in [0.25, 0.3) is 0 Å². The Morgan fingerprint density at radius 2 is 0.800 bits per heavy atom. The highest BCUT2D eigenvalue weighted by molar-refractivity contribution is 5.75. The second kappa shape index (κ2) is 10.6. The normalized spacial score (nSPS) is 13.8. The molecule has 168 valence electrons. The fourth-order valence-corrected chi connectivity index (χ4v) is 2.69. The van der Waals surface area contributed by atoms with Crippen molar-refractivity contribution in [3.8, 4) is 0 Å². The Morgan fingerprint density at radius 3 is 0.967 bits per heavy atom. The minimum Gasteiger partial charge on any atom is -0.464 e. The van der Waals surface area contributed by atoms with E-state index in [1.54, 1.807) is 0 Å². The van der Waals surface area contributed by atoms with Crippen LogP contribution in [0.2, 0.25) is 0 Å². The van der Waals surface area contributed by atoms with Crippen LogP contribution >= 0.6 is 0 Å². The van der Waals surface area contributed by atoms with Gasteiger partial charge in [-0.05, 0) is 41.5 Å². The number of esters is 3. The Labute approximate surface area is 172 Å². The number of rotatable bonds is 9. The molecule has 0 saturated carbocycles. The molecule has 0 amide bonds. The Balaban J connectivity index is 3.90. The summed E-state index contributed by atoms with van der Waals surface area (Å²) in [6.07, 6.45) is 0. The molecular formula is C18H27N3O9. The molecule has 0 fully saturated rings. The Hall–Kier alpha value is -3.18. The number of nitrogens with zero attached hydrogens (tertiary/aromatic N) is 3. The molecule has 0 saturated heterocycles.